The summed E-state index contributed by atoms with van der Waals surface area (Å²) in [5.41, 5.74) is 7.25. The van der Waals surface area contributed by atoms with E-state index in [0.29, 0.717) is 35.6 Å². The Bertz CT molecular complexity index is 671. The molecule has 1 heterocycles. The average Bonchev–Trinajstić information content (AvgIpc) is 3.04. The predicted molar refractivity (Wildman–Crippen MR) is 90.3 cm³/mol. The lowest BCUT2D eigenvalue weighted by Gasteiger charge is -2.27. The van der Waals surface area contributed by atoms with Crippen molar-refractivity contribution in [3.8, 4) is 11.5 Å². The Balaban J connectivity index is 1.65. The molecule has 1 aromatic carbocycles. The van der Waals surface area contributed by atoms with Gasteiger partial charge in [-0.15, -0.1) is 0 Å². The van der Waals surface area contributed by atoms with Crippen molar-refractivity contribution in [3.63, 3.8) is 0 Å². The maximum Gasteiger partial charge on any atom is 0.226 e. The highest BCUT2D eigenvalue weighted by atomic mass is 16.5. The molecule has 1 fully saturated rings. The Morgan fingerprint density at radius 1 is 1.17 bits per heavy atom. The number of hydrogen-bond acceptors (Lipinski definition) is 6. The molecule has 3 rings (SSSR count). The SMILES string of the molecule is COc1ccc(Cc2noc(CC3CCCCC3N)n2)cc1OC. The second-order valence-corrected chi connectivity index (χ2v) is 6.38. The molecule has 6 heteroatoms. The number of rotatable bonds is 6. The third kappa shape index (κ3) is 3.87. The topological polar surface area (TPSA) is 83.4 Å². The number of hydrogen-bond donors (Lipinski definition) is 1. The van der Waals surface area contributed by atoms with E-state index in [9.17, 15) is 0 Å². The van der Waals surface area contributed by atoms with E-state index in [-0.39, 0.29) is 6.04 Å². The molecule has 0 spiro atoms. The summed E-state index contributed by atoms with van der Waals surface area (Å²) in [6, 6.07) is 6.05. The summed E-state index contributed by atoms with van der Waals surface area (Å²) in [5.74, 6) is 3.23. The van der Waals surface area contributed by atoms with Crippen LogP contribution in [0, 0.1) is 5.92 Å². The summed E-state index contributed by atoms with van der Waals surface area (Å²) in [4.78, 5) is 4.53. The fourth-order valence-corrected chi connectivity index (χ4v) is 3.33. The smallest absolute Gasteiger partial charge is 0.226 e. The lowest BCUT2D eigenvalue weighted by molar-refractivity contribution is 0.273. The molecule has 0 aliphatic heterocycles. The Morgan fingerprint density at radius 2 is 1.96 bits per heavy atom. The van der Waals surface area contributed by atoms with Crippen molar-refractivity contribution in [3.05, 3.63) is 35.5 Å². The van der Waals surface area contributed by atoms with Crippen LogP contribution in [-0.4, -0.2) is 30.4 Å². The van der Waals surface area contributed by atoms with Gasteiger partial charge < -0.3 is 19.7 Å². The first-order valence-electron chi connectivity index (χ1n) is 8.47. The highest BCUT2D eigenvalue weighted by Crippen LogP contribution is 2.29. The molecule has 0 radical (unpaired) electrons. The van der Waals surface area contributed by atoms with Gasteiger partial charge in [0.05, 0.1) is 14.2 Å². The van der Waals surface area contributed by atoms with E-state index in [2.05, 4.69) is 10.1 Å². The molecule has 6 nitrogen and oxygen atoms in total. The fraction of sp³-hybridized carbons (Fsp3) is 0.556. The molecule has 0 amide bonds. The second kappa shape index (κ2) is 7.66. The van der Waals surface area contributed by atoms with Gasteiger partial charge in [-0.25, -0.2) is 0 Å². The normalized spacial score (nSPS) is 20.8. The summed E-state index contributed by atoms with van der Waals surface area (Å²) in [7, 11) is 3.25. The molecule has 0 saturated heterocycles. The molecule has 1 aliphatic rings. The maximum atomic E-state index is 6.20. The average molecular weight is 331 g/mol. The standard InChI is InChI=1S/C18H25N3O3/c1-22-15-8-7-12(9-16(15)23-2)10-17-20-18(24-21-17)11-13-5-3-4-6-14(13)19/h7-9,13-14H,3-6,10-11,19H2,1-2H3. The molecule has 2 N–H and O–H groups in total. The van der Waals surface area contributed by atoms with Crippen LogP contribution in [-0.2, 0) is 12.8 Å². The van der Waals surface area contributed by atoms with Crippen LogP contribution >= 0.6 is 0 Å². The van der Waals surface area contributed by atoms with Gasteiger partial charge in [-0.2, -0.15) is 4.98 Å². The summed E-state index contributed by atoms with van der Waals surface area (Å²) in [6.45, 7) is 0. The Hall–Kier alpha value is -2.08. The van der Waals surface area contributed by atoms with Gasteiger partial charge in [-0.1, -0.05) is 24.1 Å². The minimum atomic E-state index is 0.250. The zero-order chi connectivity index (χ0) is 16.9. The van der Waals surface area contributed by atoms with E-state index in [1.807, 2.05) is 18.2 Å². The zero-order valence-electron chi connectivity index (χ0n) is 14.3. The van der Waals surface area contributed by atoms with Gasteiger partial charge in [0, 0.05) is 18.9 Å². The third-order valence-corrected chi connectivity index (χ3v) is 4.73. The molecule has 2 unspecified atom stereocenters. The Morgan fingerprint density at radius 3 is 2.71 bits per heavy atom. The third-order valence-electron chi connectivity index (χ3n) is 4.73. The molecule has 130 valence electrons. The van der Waals surface area contributed by atoms with Gasteiger partial charge in [0.15, 0.2) is 17.3 Å². The van der Waals surface area contributed by atoms with Gasteiger partial charge in [0.25, 0.3) is 0 Å². The Kier molecular flexibility index (Phi) is 5.35. The number of benzene rings is 1. The van der Waals surface area contributed by atoms with Crippen molar-refractivity contribution in [1.82, 2.24) is 10.1 Å². The molecule has 2 atom stereocenters. The first-order chi connectivity index (χ1) is 11.7. The van der Waals surface area contributed by atoms with Gasteiger partial charge >= 0.3 is 0 Å². The van der Waals surface area contributed by atoms with Crippen LogP contribution in [0.3, 0.4) is 0 Å². The van der Waals surface area contributed by atoms with Crippen LogP contribution in [0.25, 0.3) is 0 Å². The molecule has 2 aromatic rings. The van der Waals surface area contributed by atoms with Gasteiger partial charge in [0.2, 0.25) is 5.89 Å². The van der Waals surface area contributed by atoms with E-state index in [4.69, 9.17) is 19.7 Å². The van der Waals surface area contributed by atoms with Crippen molar-refractivity contribution < 1.29 is 14.0 Å². The number of methoxy groups -OCH3 is 2. The largest absolute Gasteiger partial charge is 0.493 e. The monoisotopic (exact) mass is 331 g/mol. The van der Waals surface area contributed by atoms with Crippen LogP contribution in [0.2, 0.25) is 0 Å². The van der Waals surface area contributed by atoms with Crippen molar-refractivity contribution in [2.75, 3.05) is 14.2 Å². The summed E-state index contributed by atoms with van der Waals surface area (Å²) < 4.78 is 16.0. The van der Waals surface area contributed by atoms with Gasteiger partial charge in [-0.05, 0) is 36.5 Å². The zero-order valence-corrected chi connectivity index (χ0v) is 14.3. The number of ether oxygens (including phenoxy) is 2. The van der Waals surface area contributed by atoms with Crippen LogP contribution in [0.15, 0.2) is 22.7 Å². The fourth-order valence-electron chi connectivity index (χ4n) is 3.33. The first-order valence-corrected chi connectivity index (χ1v) is 8.47. The van der Waals surface area contributed by atoms with Crippen molar-refractivity contribution >= 4 is 0 Å². The Labute approximate surface area is 142 Å². The molecule has 1 aromatic heterocycles. The number of nitrogens with zero attached hydrogens (tertiary/aromatic N) is 2. The molecule has 1 saturated carbocycles. The van der Waals surface area contributed by atoms with Gasteiger partial charge in [0.1, 0.15) is 0 Å². The lowest BCUT2D eigenvalue weighted by atomic mass is 9.83. The summed E-state index contributed by atoms with van der Waals surface area (Å²) in [5, 5.41) is 4.10. The number of nitrogens with two attached hydrogens (primary N) is 1. The first kappa shape index (κ1) is 16.8. The molecule has 1 aliphatic carbocycles. The highest BCUT2D eigenvalue weighted by molar-refractivity contribution is 5.43. The minimum absolute atomic E-state index is 0.250. The summed E-state index contributed by atoms with van der Waals surface area (Å²) in [6.07, 6.45) is 6.09. The van der Waals surface area contributed by atoms with Crippen LogP contribution in [0.1, 0.15) is 43.0 Å². The van der Waals surface area contributed by atoms with Crippen LogP contribution < -0.4 is 15.2 Å². The predicted octanol–water partition coefficient (Wildman–Crippen LogP) is 2.74. The quantitative estimate of drug-likeness (QED) is 0.876. The minimum Gasteiger partial charge on any atom is -0.493 e. The van der Waals surface area contributed by atoms with E-state index in [0.717, 1.165) is 24.8 Å². The van der Waals surface area contributed by atoms with Crippen molar-refractivity contribution in [2.24, 2.45) is 11.7 Å². The molecule has 0 bridgehead atoms. The van der Waals surface area contributed by atoms with E-state index in [1.165, 1.54) is 12.8 Å². The van der Waals surface area contributed by atoms with E-state index < -0.39 is 0 Å². The molecular formula is C18H25N3O3. The van der Waals surface area contributed by atoms with E-state index >= 15 is 0 Å². The van der Waals surface area contributed by atoms with Crippen LogP contribution in [0.5, 0.6) is 11.5 Å². The maximum absolute atomic E-state index is 6.20. The lowest BCUT2D eigenvalue weighted by Crippen LogP contribution is -2.34. The van der Waals surface area contributed by atoms with Crippen molar-refractivity contribution in [1.29, 1.82) is 0 Å². The number of aromatic nitrogens is 2. The molecular weight excluding hydrogens is 306 g/mol. The van der Waals surface area contributed by atoms with Gasteiger partial charge in [-0.3, -0.25) is 0 Å². The second-order valence-electron chi connectivity index (χ2n) is 6.38. The molecule has 24 heavy (non-hydrogen) atoms. The highest BCUT2D eigenvalue weighted by Gasteiger charge is 2.24. The summed E-state index contributed by atoms with van der Waals surface area (Å²) >= 11 is 0. The van der Waals surface area contributed by atoms with E-state index in [1.54, 1.807) is 14.2 Å². The van der Waals surface area contributed by atoms with Crippen LogP contribution in [0.4, 0.5) is 0 Å². The van der Waals surface area contributed by atoms with Crippen molar-refractivity contribution in [2.45, 2.75) is 44.6 Å².